The lowest BCUT2D eigenvalue weighted by atomic mass is 9.94. The van der Waals surface area contributed by atoms with Gasteiger partial charge in [0.05, 0.1) is 18.4 Å². The Kier molecular flexibility index (Phi) is 6.47. The molecular weight excluding hydrogens is 372 g/mol. The average molecular weight is 397 g/mol. The van der Waals surface area contributed by atoms with E-state index in [1.807, 2.05) is 13.0 Å². The van der Waals surface area contributed by atoms with Gasteiger partial charge < -0.3 is 9.47 Å². The van der Waals surface area contributed by atoms with Gasteiger partial charge >= 0.3 is 0 Å². The normalized spacial score (nSPS) is 10.8. The van der Waals surface area contributed by atoms with Crippen LogP contribution in [-0.2, 0) is 19.4 Å². The van der Waals surface area contributed by atoms with E-state index in [9.17, 15) is 8.78 Å². The van der Waals surface area contributed by atoms with Crippen molar-refractivity contribution in [3.63, 3.8) is 0 Å². The summed E-state index contributed by atoms with van der Waals surface area (Å²) in [5.41, 5.74) is 5.85. The Labute approximate surface area is 170 Å². The summed E-state index contributed by atoms with van der Waals surface area (Å²) < 4.78 is 38.4. The van der Waals surface area contributed by atoms with Crippen LogP contribution >= 0.6 is 0 Å². The Hall–Kier alpha value is -2.95. The summed E-state index contributed by atoms with van der Waals surface area (Å²) in [6, 6.07) is 12.0. The van der Waals surface area contributed by atoms with Gasteiger partial charge in [-0.2, -0.15) is 4.39 Å². The van der Waals surface area contributed by atoms with Crippen molar-refractivity contribution in [1.29, 1.82) is 0 Å². The maximum absolute atomic E-state index is 13.9. The molecule has 0 N–H and O–H groups in total. The van der Waals surface area contributed by atoms with E-state index in [0.29, 0.717) is 11.3 Å². The molecule has 3 aromatic rings. The highest BCUT2D eigenvalue weighted by Crippen LogP contribution is 2.33. The number of hydrogen-bond acceptors (Lipinski definition) is 3. The molecule has 0 aliphatic carbocycles. The molecule has 152 valence electrons. The van der Waals surface area contributed by atoms with E-state index in [1.54, 1.807) is 7.11 Å². The van der Waals surface area contributed by atoms with Gasteiger partial charge in [-0.25, -0.2) is 4.39 Å². The van der Waals surface area contributed by atoms with Crippen LogP contribution in [0.3, 0.4) is 0 Å². The summed E-state index contributed by atoms with van der Waals surface area (Å²) in [7, 11) is 1.58. The molecule has 29 heavy (non-hydrogen) atoms. The third-order valence-electron chi connectivity index (χ3n) is 5.05. The fourth-order valence-corrected chi connectivity index (χ4v) is 3.47. The summed E-state index contributed by atoms with van der Waals surface area (Å²) in [5, 5.41) is 0. The van der Waals surface area contributed by atoms with Crippen molar-refractivity contribution in [3.05, 3.63) is 76.5 Å². The summed E-state index contributed by atoms with van der Waals surface area (Å²) in [6.45, 7) is 6.14. The molecule has 0 saturated heterocycles. The SMILES string of the molecule is CCc1cccc(CC)c1-c1cc(OC)c(COc2cccc(F)c2F)c(C)n1. The monoisotopic (exact) mass is 397 g/mol. The van der Waals surface area contributed by atoms with Crippen molar-refractivity contribution in [2.45, 2.75) is 40.2 Å². The number of ether oxygens (including phenoxy) is 2. The zero-order valence-electron chi connectivity index (χ0n) is 17.2. The minimum absolute atomic E-state index is 0.0265. The fourth-order valence-electron chi connectivity index (χ4n) is 3.47. The van der Waals surface area contributed by atoms with E-state index < -0.39 is 11.6 Å². The predicted octanol–water partition coefficient (Wildman–Crippen LogP) is 6.05. The van der Waals surface area contributed by atoms with Gasteiger partial charge in [-0.1, -0.05) is 38.1 Å². The fraction of sp³-hybridized carbons (Fsp3) is 0.292. The van der Waals surface area contributed by atoms with E-state index in [2.05, 4.69) is 32.0 Å². The van der Waals surface area contributed by atoms with Crippen LogP contribution in [0.2, 0.25) is 0 Å². The number of benzene rings is 2. The first-order valence-electron chi connectivity index (χ1n) is 9.72. The molecule has 0 fully saturated rings. The smallest absolute Gasteiger partial charge is 0.200 e. The Morgan fingerprint density at radius 3 is 2.21 bits per heavy atom. The number of methoxy groups -OCH3 is 1. The van der Waals surface area contributed by atoms with Crippen LogP contribution in [0, 0.1) is 18.6 Å². The van der Waals surface area contributed by atoms with Crippen LogP contribution in [0.5, 0.6) is 11.5 Å². The summed E-state index contributed by atoms with van der Waals surface area (Å²) in [4.78, 5) is 4.79. The number of aryl methyl sites for hydroxylation is 3. The maximum atomic E-state index is 13.9. The van der Waals surface area contributed by atoms with Gasteiger partial charge in [-0.15, -0.1) is 0 Å². The predicted molar refractivity (Wildman–Crippen MR) is 110 cm³/mol. The molecule has 0 saturated carbocycles. The summed E-state index contributed by atoms with van der Waals surface area (Å²) >= 11 is 0. The second-order valence-electron chi connectivity index (χ2n) is 6.77. The minimum atomic E-state index is -1.00. The lowest BCUT2D eigenvalue weighted by molar-refractivity contribution is 0.276. The van der Waals surface area contributed by atoms with Crippen molar-refractivity contribution in [2.24, 2.45) is 0 Å². The lowest BCUT2D eigenvalue weighted by Crippen LogP contribution is -2.06. The molecule has 0 bridgehead atoms. The molecule has 0 aliphatic heterocycles. The molecule has 2 aromatic carbocycles. The van der Waals surface area contributed by atoms with Crippen LogP contribution in [0.1, 0.15) is 36.2 Å². The van der Waals surface area contributed by atoms with Gasteiger partial charge in [0, 0.05) is 17.3 Å². The van der Waals surface area contributed by atoms with Crippen molar-refractivity contribution in [1.82, 2.24) is 4.98 Å². The molecule has 0 aliphatic rings. The van der Waals surface area contributed by atoms with Gasteiger partial charge in [0.1, 0.15) is 12.4 Å². The zero-order chi connectivity index (χ0) is 21.0. The molecule has 1 aromatic heterocycles. The van der Waals surface area contributed by atoms with E-state index in [1.165, 1.54) is 23.3 Å². The standard InChI is InChI=1S/C24H25F2NO2/c1-5-16-9-7-10-17(6-2)23(16)20-13-22(28-4)18(15(3)27-20)14-29-21-12-8-11-19(25)24(21)26/h7-13H,5-6,14H2,1-4H3. The van der Waals surface area contributed by atoms with Crippen LogP contribution < -0.4 is 9.47 Å². The average Bonchev–Trinajstić information content (AvgIpc) is 2.74. The maximum Gasteiger partial charge on any atom is 0.200 e. The second kappa shape index (κ2) is 9.03. The van der Waals surface area contributed by atoms with Crippen molar-refractivity contribution in [3.8, 4) is 22.8 Å². The minimum Gasteiger partial charge on any atom is -0.496 e. The molecule has 0 atom stereocenters. The van der Waals surface area contributed by atoms with Gasteiger partial charge in [0.25, 0.3) is 0 Å². The second-order valence-corrected chi connectivity index (χ2v) is 6.77. The molecule has 0 radical (unpaired) electrons. The third kappa shape index (κ3) is 4.24. The number of rotatable bonds is 7. The summed E-state index contributed by atoms with van der Waals surface area (Å²) in [6.07, 6.45) is 1.80. The topological polar surface area (TPSA) is 31.4 Å². The Morgan fingerprint density at radius 2 is 1.59 bits per heavy atom. The summed E-state index contributed by atoms with van der Waals surface area (Å²) in [5.74, 6) is -1.47. The number of pyridine rings is 1. The quantitative estimate of drug-likeness (QED) is 0.486. The van der Waals surface area contributed by atoms with E-state index in [-0.39, 0.29) is 12.4 Å². The van der Waals surface area contributed by atoms with E-state index in [4.69, 9.17) is 14.5 Å². The van der Waals surface area contributed by atoms with Gasteiger partial charge in [0.15, 0.2) is 11.6 Å². The number of hydrogen-bond donors (Lipinski definition) is 0. The highest BCUT2D eigenvalue weighted by Gasteiger charge is 2.17. The first kappa shape index (κ1) is 20.8. The highest BCUT2D eigenvalue weighted by molar-refractivity contribution is 5.70. The van der Waals surface area contributed by atoms with E-state index in [0.717, 1.165) is 35.9 Å². The lowest BCUT2D eigenvalue weighted by Gasteiger charge is -2.17. The molecule has 3 rings (SSSR count). The number of aromatic nitrogens is 1. The Balaban J connectivity index is 2.00. The Bertz CT molecular complexity index is 996. The molecule has 0 amide bonds. The molecule has 3 nitrogen and oxygen atoms in total. The van der Waals surface area contributed by atoms with Gasteiger partial charge in [-0.05, 0) is 43.0 Å². The van der Waals surface area contributed by atoms with Crippen molar-refractivity contribution >= 4 is 0 Å². The first-order valence-corrected chi connectivity index (χ1v) is 9.72. The van der Waals surface area contributed by atoms with Crippen LogP contribution in [-0.4, -0.2) is 12.1 Å². The number of halogens is 2. The van der Waals surface area contributed by atoms with Crippen LogP contribution in [0.4, 0.5) is 8.78 Å². The van der Waals surface area contributed by atoms with Crippen molar-refractivity contribution < 1.29 is 18.3 Å². The van der Waals surface area contributed by atoms with Gasteiger partial charge in [-0.3, -0.25) is 4.98 Å². The molecule has 1 heterocycles. The van der Waals surface area contributed by atoms with Gasteiger partial charge in [0.2, 0.25) is 5.82 Å². The highest BCUT2D eigenvalue weighted by atomic mass is 19.2. The molecular formula is C24H25F2NO2. The number of nitrogens with zero attached hydrogens (tertiary/aromatic N) is 1. The van der Waals surface area contributed by atoms with Crippen molar-refractivity contribution in [2.75, 3.05) is 7.11 Å². The largest absolute Gasteiger partial charge is 0.496 e. The zero-order valence-corrected chi connectivity index (χ0v) is 17.2. The van der Waals surface area contributed by atoms with Crippen LogP contribution in [0.25, 0.3) is 11.3 Å². The molecule has 5 heteroatoms. The Morgan fingerprint density at radius 1 is 0.931 bits per heavy atom. The molecule has 0 unspecified atom stereocenters. The van der Waals surface area contributed by atoms with E-state index >= 15 is 0 Å². The first-order chi connectivity index (χ1) is 14.0. The van der Waals surface area contributed by atoms with Crippen LogP contribution in [0.15, 0.2) is 42.5 Å². The third-order valence-corrected chi connectivity index (χ3v) is 5.05. The molecule has 0 spiro atoms.